The average molecular weight is 387 g/mol. The molecule has 1 aromatic heterocycles. The van der Waals surface area contributed by atoms with E-state index in [-0.39, 0.29) is 19.1 Å². The Morgan fingerprint density at radius 2 is 1.65 bits per heavy atom. The number of carbonyl (C=O) groups is 2. The second-order valence-electron chi connectivity index (χ2n) is 5.26. The maximum atomic E-state index is 12.1. The zero-order chi connectivity index (χ0) is 19.2. The SMILES string of the molecule is COC(=O)c1ccc(C(=O)NCc2ccc(COCC(F)(F)F)cc2)s1. The quantitative estimate of drug-likeness (QED) is 0.738. The first-order valence-electron chi connectivity index (χ1n) is 7.47. The van der Waals surface area contributed by atoms with Gasteiger partial charge in [0.05, 0.1) is 18.6 Å². The minimum atomic E-state index is -4.35. The molecule has 0 unspecified atom stereocenters. The summed E-state index contributed by atoms with van der Waals surface area (Å²) in [6.07, 6.45) is -4.35. The van der Waals surface area contributed by atoms with Gasteiger partial charge in [-0.05, 0) is 23.3 Å². The van der Waals surface area contributed by atoms with Crippen molar-refractivity contribution in [1.29, 1.82) is 0 Å². The summed E-state index contributed by atoms with van der Waals surface area (Å²) < 4.78 is 45.2. The minimum absolute atomic E-state index is 0.141. The summed E-state index contributed by atoms with van der Waals surface area (Å²) in [5.41, 5.74) is 1.38. The smallest absolute Gasteiger partial charge is 0.411 e. The van der Waals surface area contributed by atoms with Gasteiger partial charge in [0, 0.05) is 6.54 Å². The number of ether oxygens (including phenoxy) is 2. The number of methoxy groups -OCH3 is 1. The van der Waals surface area contributed by atoms with E-state index >= 15 is 0 Å². The molecule has 0 bridgehead atoms. The molecular weight excluding hydrogens is 371 g/mol. The highest BCUT2D eigenvalue weighted by molar-refractivity contribution is 7.15. The number of alkyl halides is 3. The van der Waals surface area contributed by atoms with Crippen LogP contribution in [0.1, 0.15) is 30.5 Å². The fraction of sp³-hybridized carbons (Fsp3) is 0.294. The van der Waals surface area contributed by atoms with Crippen molar-refractivity contribution in [2.75, 3.05) is 13.7 Å². The molecule has 1 amide bonds. The topological polar surface area (TPSA) is 64.6 Å². The summed E-state index contributed by atoms with van der Waals surface area (Å²) in [4.78, 5) is 24.2. The van der Waals surface area contributed by atoms with E-state index in [4.69, 9.17) is 0 Å². The number of hydrogen-bond donors (Lipinski definition) is 1. The molecule has 0 saturated heterocycles. The Balaban J connectivity index is 1.82. The van der Waals surface area contributed by atoms with Gasteiger partial charge >= 0.3 is 12.1 Å². The average Bonchev–Trinajstić information content (AvgIpc) is 3.09. The van der Waals surface area contributed by atoms with Gasteiger partial charge in [-0.2, -0.15) is 13.2 Å². The molecule has 0 atom stereocenters. The molecule has 1 heterocycles. The molecule has 9 heteroatoms. The lowest BCUT2D eigenvalue weighted by molar-refractivity contribution is -0.176. The van der Waals surface area contributed by atoms with Gasteiger partial charge in [-0.15, -0.1) is 11.3 Å². The normalized spacial score (nSPS) is 11.2. The van der Waals surface area contributed by atoms with Gasteiger partial charge in [-0.3, -0.25) is 4.79 Å². The third-order valence-electron chi connectivity index (χ3n) is 3.23. The summed E-state index contributed by atoms with van der Waals surface area (Å²) in [5.74, 6) is -0.833. The van der Waals surface area contributed by atoms with Crippen LogP contribution in [-0.4, -0.2) is 31.8 Å². The Kier molecular flexibility index (Phi) is 6.76. The van der Waals surface area contributed by atoms with Crippen LogP contribution in [0.15, 0.2) is 36.4 Å². The minimum Gasteiger partial charge on any atom is -0.465 e. The maximum Gasteiger partial charge on any atom is 0.411 e. The molecule has 5 nitrogen and oxygen atoms in total. The molecule has 26 heavy (non-hydrogen) atoms. The van der Waals surface area contributed by atoms with E-state index in [1.54, 1.807) is 24.3 Å². The van der Waals surface area contributed by atoms with Gasteiger partial charge in [0.15, 0.2) is 0 Å². The molecule has 0 radical (unpaired) electrons. The predicted octanol–water partition coefficient (Wildman–Crippen LogP) is 3.54. The van der Waals surface area contributed by atoms with Gasteiger partial charge in [-0.25, -0.2) is 4.79 Å². The van der Waals surface area contributed by atoms with Crippen LogP contribution in [0.5, 0.6) is 0 Å². The lowest BCUT2D eigenvalue weighted by Crippen LogP contribution is -2.21. The monoisotopic (exact) mass is 387 g/mol. The van der Waals surface area contributed by atoms with E-state index in [0.717, 1.165) is 16.9 Å². The van der Waals surface area contributed by atoms with Crippen LogP contribution in [0.25, 0.3) is 0 Å². The molecule has 0 aliphatic heterocycles. The van der Waals surface area contributed by atoms with Gasteiger partial charge in [0.2, 0.25) is 0 Å². The van der Waals surface area contributed by atoms with Crippen LogP contribution < -0.4 is 5.32 Å². The summed E-state index contributed by atoms with van der Waals surface area (Å²) in [7, 11) is 1.26. The van der Waals surface area contributed by atoms with Crippen molar-refractivity contribution in [2.24, 2.45) is 0 Å². The highest BCUT2D eigenvalue weighted by Crippen LogP contribution is 2.18. The first-order chi connectivity index (χ1) is 12.3. The van der Waals surface area contributed by atoms with Crippen LogP contribution in [0, 0.1) is 0 Å². The Morgan fingerprint density at radius 1 is 1.04 bits per heavy atom. The molecule has 0 saturated carbocycles. The highest BCUT2D eigenvalue weighted by Gasteiger charge is 2.27. The molecule has 140 valence electrons. The third-order valence-corrected chi connectivity index (χ3v) is 4.29. The number of carbonyl (C=O) groups excluding carboxylic acids is 2. The Bertz CT molecular complexity index is 756. The van der Waals surface area contributed by atoms with E-state index in [9.17, 15) is 22.8 Å². The number of thiophene rings is 1. The second-order valence-corrected chi connectivity index (χ2v) is 6.35. The van der Waals surface area contributed by atoms with Gasteiger partial charge < -0.3 is 14.8 Å². The van der Waals surface area contributed by atoms with E-state index in [0.29, 0.717) is 15.3 Å². The van der Waals surface area contributed by atoms with Gasteiger partial charge in [-0.1, -0.05) is 24.3 Å². The van der Waals surface area contributed by atoms with E-state index in [1.165, 1.54) is 19.2 Å². The Morgan fingerprint density at radius 3 is 2.27 bits per heavy atom. The van der Waals surface area contributed by atoms with Crippen molar-refractivity contribution in [3.8, 4) is 0 Å². The van der Waals surface area contributed by atoms with Crippen molar-refractivity contribution >= 4 is 23.2 Å². The molecule has 2 aromatic rings. The zero-order valence-electron chi connectivity index (χ0n) is 13.8. The van der Waals surface area contributed by atoms with Crippen molar-refractivity contribution in [3.63, 3.8) is 0 Å². The summed E-state index contributed by atoms with van der Waals surface area (Å²) in [5, 5.41) is 2.71. The van der Waals surface area contributed by atoms with Crippen molar-refractivity contribution < 1.29 is 32.2 Å². The standard InChI is InChI=1S/C17H16F3NO4S/c1-24-16(23)14-7-6-13(26-14)15(22)21-8-11-2-4-12(5-3-11)9-25-10-17(18,19)20/h2-7H,8-10H2,1H3,(H,21,22). The largest absolute Gasteiger partial charge is 0.465 e. The van der Waals surface area contributed by atoms with E-state index < -0.39 is 18.8 Å². The molecule has 2 rings (SSSR count). The number of amides is 1. The zero-order valence-corrected chi connectivity index (χ0v) is 14.6. The fourth-order valence-electron chi connectivity index (χ4n) is 1.98. The van der Waals surface area contributed by atoms with Crippen molar-refractivity contribution in [2.45, 2.75) is 19.3 Å². The molecule has 0 aliphatic rings. The van der Waals surface area contributed by atoms with E-state index in [2.05, 4.69) is 14.8 Å². The highest BCUT2D eigenvalue weighted by atomic mass is 32.1. The molecule has 0 fully saturated rings. The molecular formula is C17H16F3NO4S. The number of nitrogens with one attached hydrogen (secondary N) is 1. The van der Waals surface area contributed by atoms with Crippen LogP contribution in [0.4, 0.5) is 13.2 Å². The molecule has 1 aromatic carbocycles. The van der Waals surface area contributed by atoms with Gasteiger partial charge in [0.1, 0.15) is 11.5 Å². The number of rotatable bonds is 7. The van der Waals surface area contributed by atoms with Crippen LogP contribution >= 0.6 is 11.3 Å². The number of halogens is 3. The van der Waals surface area contributed by atoms with Crippen LogP contribution in [-0.2, 0) is 22.6 Å². The summed E-state index contributed by atoms with van der Waals surface area (Å²) in [6.45, 7) is -1.19. The van der Waals surface area contributed by atoms with Gasteiger partial charge in [0.25, 0.3) is 5.91 Å². The lowest BCUT2D eigenvalue weighted by Gasteiger charge is -2.08. The van der Waals surface area contributed by atoms with Crippen molar-refractivity contribution in [3.05, 3.63) is 57.3 Å². The number of benzene rings is 1. The van der Waals surface area contributed by atoms with Crippen LogP contribution in [0.3, 0.4) is 0 Å². The summed E-state index contributed by atoms with van der Waals surface area (Å²) in [6, 6.07) is 9.72. The molecule has 0 aliphatic carbocycles. The van der Waals surface area contributed by atoms with Crippen LogP contribution in [0.2, 0.25) is 0 Å². The number of esters is 1. The first kappa shape index (κ1) is 19.9. The Labute approximate surface area is 151 Å². The Hall–Kier alpha value is -2.39. The predicted molar refractivity (Wildman–Crippen MR) is 89.0 cm³/mol. The maximum absolute atomic E-state index is 12.1. The van der Waals surface area contributed by atoms with Crippen molar-refractivity contribution in [1.82, 2.24) is 5.32 Å². The number of hydrogen-bond acceptors (Lipinski definition) is 5. The third kappa shape index (κ3) is 6.16. The second kappa shape index (κ2) is 8.81. The fourth-order valence-corrected chi connectivity index (χ4v) is 2.82. The molecule has 0 spiro atoms. The lowest BCUT2D eigenvalue weighted by atomic mass is 10.1. The first-order valence-corrected chi connectivity index (χ1v) is 8.29. The molecule has 1 N–H and O–H groups in total. The van der Waals surface area contributed by atoms with E-state index in [1.807, 2.05) is 0 Å². The summed E-state index contributed by atoms with van der Waals surface area (Å²) >= 11 is 1.03.